The van der Waals surface area contributed by atoms with Gasteiger partial charge in [0.25, 0.3) is 0 Å². The van der Waals surface area contributed by atoms with Crippen molar-refractivity contribution in [1.29, 1.82) is 0 Å². The van der Waals surface area contributed by atoms with Crippen LogP contribution < -0.4 is 9.47 Å². The molecule has 5 heteroatoms. The first kappa shape index (κ1) is 27.1. The lowest BCUT2D eigenvalue weighted by molar-refractivity contribution is -0.121. The Bertz CT molecular complexity index is 1230. The fourth-order valence-electron chi connectivity index (χ4n) is 4.63. The fourth-order valence-corrected chi connectivity index (χ4v) is 4.63. The minimum atomic E-state index is -0.448. The molecule has 2 N–H and O–H groups in total. The predicted molar refractivity (Wildman–Crippen MR) is 148 cm³/mol. The molecule has 0 amide bonds. The summed E-state index contributed by atoms with van der Waals surface area (Å²) in [5.41, 5.74) is 4.96. The van der Waals surface area contributed by atoms with Gasteiger partial charge in [0, 0.05) is 11.8 Å². The Hall–Kier alpha value is -3.93. The zero-order chi connectivity index (χ0) is 26.9. The highest BCUT2D eigenvalue weighted by molar-refractivity contribution is 5.91. The Balaban J connectivity index is 1.46. The average molecular weight is 511 g/mol. The second-order valence-electron chi connectivity index (χ2n) is 9.43. The Kier molecular flexibility index (Phi) is 9.30. The van der Waals surface area contributed by atoms with E-state index < -0.39 is 11.8 Å². The van der Waals surface area contributed by atoms with Crippen LogP contribution in [-0.2, 0) is 31.2 Å². The third-order valence-electron chi connectivity index (χ3n) is 6.85. The number of hydrogen-bond acceptors (Lipinski definition) is 5. The van der Waals surface area contributed by atoms with Crippen molar-refractivity contribution in [2.24, 2.45) is 0 Å². The first-order valence-corrected chi connectivity index (χ1v) is 12.8. The smallest absolute Gasteiger partial charge is 0.147 e. The topological polar surface area (TPSA) is 76.0 Å². The summed E-state index contributed by atoms with van der Waals surface area (Å²) in [6, 6.07) is 30.7. The highest BCUT2D eigenvalue weighted by Crippen LogP contribution is 2.33. The van der Waals surface area contributed by atoms with E-state index in [1.54, 1.807) is 12.1 Å². The molecule has 0 spiro atoms. The van der Waals surface area contributed by atoms with Crippen LogP contribution in [0.3, 0.4) is 0 Å². The lowest BCUT2D eigenvalue weighted by atomic mass is 9.82. The maximum absolute atomic E-state index is 13.5. The minimum Gasteiger partial charge on any atom is -0.489 e. The molecule has 0 saturated heterocycles. The van der Waals surface area contributed by atoms with Gasteiger partial charge >= 0.3 is 0 Å². The molecule has 0 radical (unpaired) electrons. The van der Waals surface area contributed by atoms with E-state index in [-0.39, 0.29) is 19.0 Å². The summed E-state index contributed by atoms with van der Waals surface area (Å²) in [4.78, 5) is 13.5. The van der Waals surface area contributed by atoms with Crippen LogP contribution >= 0.6 is 0 Å². The number of ketones is 1. The van der Waals surface area contributed by atoms with E-state index in [1.165, 1.54) is 0 Å². The molecule has 4 rings (SSSR count). The number of benzene rings is 4. The van der Waals surface area contributed by atoms with Gasteiger partial charge in [0.15, 0.2) is 0 Å². The van der Waals surface area contributed by atoms with Crippen LogP contribution in [0.2, 0.25) is 0 Å². The Labute approximate surface area is 224 Å². The zero-order valence-corrected chi connectivity index (χ0v) is 21.8. The van der Waals surface area contributed by atoms with E-state index in [9.17, 15) is 15.0 Å². The van der Waals surface area contributed by atoms with E-state index in [0.717, 1.165) is 22.3 Å². The zero-order valence-electron chi connectivity index (χ0n) is 21.8. The summed E-state index contributed by atoms with van der Waals surface area (Å²) in [7, 11) is 0. The van der Waals surface area contributed by atoms with Gasteiger partial charge in [-0.3, -0.25) is 4.79 Å². The van der Waals surface area contributed by atoms with Crippen molar-refractivity contribution in [2.45, 2.75) is 52.1 Å². The highest BCUT2D eigenvalue weighted by atomic mass is 16.5. The molecule has 0 bridgehead atoms. The van der Waals surface area contributed by atoms with Crippen LogP contribution in [0, 0.1) is 0 Å². The molecular weight excluding hydrogens is 476 g/mol. The normalized spacial score (nSPS) is 12.5. The molecule has 4 aromatic rings. The number of aliphatic hydroxyl groups is 2. The first-order chi connectivity index (χ1) is 18.5. The Morgan fingerprint density at radius 2 is 1.03 bits per heavy atom. The summed E-state index contributed by atoms with van der Waals surface area (Å²) < 4.78 is 11.8. The van der Waals surface area contributed by atoms with Gasteiger partial charge in [-0.25, -0.2) is 0 Å². The van der Waals surface area contributed by atoms with E-state index in [2.05, 4.69) is 0 Å². The van der Waals surface area contributed by atoms with Gasteiger partial charge < -0.3 is 19.7 Å². The molecule has 5 nitrogen and oxygen atoms in total. The Morgan fingerprint density at radius 3 is 1.39 bits per heavy atom. The molecule has 0 aliphatic rings. The summed E-state index contributed by atoms with van der Waals surface area (Å²) in [6.07, 6.45) is 0. The van der Waals surface area contributed by atoms with Gasteiger partial charge in [-0.05, 0) is 57.6 Å². The van der Waals surface area contributed by atoms with Crippen molar-refractivity contribution in [2.75, 3.05) is 0 Å². The van der Waals surface area contributed by atoms with Gasteiger partial charge in [-0.15, -0.1) is 0 Å². The first-order valence-electron chi connectivity index (χ1n) is 12.8. The van der Waals surface area contributed by atoms with Crippen molar-refractivity contribution >= 4 is 5.78 Å². The van der Waals surface area contributed by atoms with Crippen LogP contribution in [0.25, 0.3) is 0 Å². The van der Waals surface area contributed by atoms with Crippen LogP contribution in [0.4, 0.5) is 0 Å². The molecule has 38 heavy (non-hydrogen) atoms. The molecule has 2 atom stereocenters. The summed E-state index contributed by atoms with van der Waals surface area (Å²) in [5.74, 6) is 0.392. The second kappa shape index (κ2) is 13.0. The molecule has 196 valence electrons. The number of hydrogen-bond donors (Lipinski definition) is 2. The highest BCUT2D eigenvalue weighted by Gasteiger charge is 2.26. The number of Topliss-reactive ketones (excluding diaryl/α,β-unsaturated/α-hetero) is 1. The predicted octanol–water partition coefficient (Wildman–Crippen LogP) is 6.31. The van der Waals surface area contributed by atoms with Crippen LogP contribution in [0.5, 0.6) is 11.5 Å². The molecule has 2 unspecified atom stereocenters. The van der Waals surface area contributed by atoms with Crippen LogP contribution in [-0.4, -0.2) is 16.0 Å². The van der Waals surface area contributed by atoms with Crippen molar-refractivity contribution in [3.05, 3.63) is 130 Å². The Morgan fingerprint density at radius 1 is 0.632 bits per heavy atom. The van der Waals surface area contributed by atoms with E-state index in [1.807, 2.05) is 98.8 Å². The van der Waals surface area contributed by atoms with Gasteiger partial charge in [-0.1, -0.05) is 86.6 Å². The molecular formula is C33H34O5. The lowest BCUT2D eigenvalue weighted by Gasteiger charge is -2.22. The molecule has 0 heterocycles. The molecule has 0 saturated carbocycles. The van der Waals surface area contributed by atoms with Gasteiger partial charge in [-0.2, -0.15) is 0 Å². The summed E-state index contributed by atoms with van der Waals surface area (Å²) >= 11 is 0. The van der Waals surface area contributed by atoms with E-state index in [4.69, 9.17) is 9.47 Å². The molecule has 0 fully saturated rings. The van der Waals surface area contributed by atoms with Gasteiger partial charge in [0.2, 0.25) is 0 Å². The van der Waals surface area contributed by atoms with Crippen molar-refractivity contribution in [1.82, 2.24) is 0 Å². The third kappa shape index (κ3) is 6.68. The second-order valence-corrected chi connectivity index (χ2v) is 9.43. The number of rotatable bonds is 12. The summed E-state index contributed by atoms with van der Waals surface area (Å²) in [6.45, 7) is 4.16. The maximum atomic E-state index is 13.5. The summed E-state index contributed by atoms with van der Waals surface area (Å²) in [5, 5.41) is 20.1. The lowest BCUT2D eigenvalue weighted by Crippen LogP contribution is -2.19. The van der Waals surface area contributed by atoms with E-state index in [0.29, 0.717) is 35.8 Å². The SMILES string of the molecule is CC(C(=O)C(C)c1ccc(OCc2ccccc2)cc1CO)c1ccc(OCc2ccccc2)cc1CO. The van der Waals surface area contributed by atoms with Gasteiger partial charge in [0.1, 0.15) is 30.5 Å². The molecule has 0 aliphatic carbocycles. The number of carbonyl (C=O) groups is 1. The number of ether oxygens (including phenoxy) is 2. The van der Waals surface area contributed by atoms with Crippen molar-refractivity contribution in [3.63, 3.8) is 0 Å². The molecule has 4 aromatic carbocycles. The van der Waals surface area contributed by atoms with Crippen LogP contribution in [0.1, 0.15) is 59.1 Å². The van der Waals surface area contributed by atoms with Gasteiger partial charge in [0.05, 0.1) is 13.2 Å². The quantitative estimate of drug-likeness (QED) is 0.234. The largest absolute Gasteiger partial charge is 0.489 e. The standard InChI is InChI=1S/C33H34O5/c1-23(31-15-13-29(17-27(31)19-34)37-21-25-9-5-3-6-10-25)33(36)24(2)32-16-14-30(18-28(32)20-35)38-22-26-11-7-4-8-12-26/h3-18,23-24,34-35H,19-22H2,1-2H3. The maximum Gasteiger partial charge on any atom is 0.147 e. The third-order valence-corrected chi connectivity index (χ3v) is 6.85. The fraction of sp³-hybridized carbons (Fsp3) is 0.242. The molecule has 0 aliphatic heterocycles. The average Bonchev–Trinajstić information content (AvgIpc) is 2.98. The van der Waals surface area contributed by atoms with E-state index >= 15 is 0 Å². The monoisotopic (exact) mass is 510 g/mol. The molecule has 0 aromatic heterocycles. The van der Waals surface area contributed by atoms with Crippen molar-refractivity contribution in [3.8, 4) is 11.5 Å². The number of carbonyl (C=O) groups excluding carboxylic acids is 1. The van der Waals surface area contributed by atoms with Crippen LogP contribution in [0.15, 0.2) is 97.1 Å². The van der Waals surface area contributed by atoms with Crippen molar-refractivity contribution < 1.29 is 24.5 Å². The minimum absolute atomic E-state index is 0.00491. The number of aliphatic hydroxyl groups excluding tert-OH is 2.